The van der Waals surface area contributed by atoms with Gasteiger partial charge in [-0.25, -0.2) is 4.39 Å². The van der Waals surface area contributed by atoms with Crippen LogP contribution in [0.15, 0.2) is 36.4 Å². The van der Waals surface area contributed by atoms with Crippen LogP contribution in [0, 0.1) is 17.1 Å². The summed E-state index contributed by atoms with van der Waals surface area (Å²) in [6.45, 7) is 4.55. The Bertz CT molecular complexity index is 1000. The number of nitrogens with zero attached hydrogens (tertiary/aromatic N) is 2. The van der Waals surface area contributed by atoms with E-state index < -0.39 is 11.8 Å². The fourth-order valence-corrected chi connectivity index (χ4v) is 4.30. The molecule has 0 radical (unpaired) electrons. The normalized spacial score (nSPS) is 15.0. The predicted molar refractivity (Wildman–Crippen MR) is 125 cm³/mol. The average molecular weight is 456 g/mol. The van der Waals surface area contributed by atoms with Gasteiger partial charge in [-0.3, -0.25) is 4.79 Å². The second-order valence-electron chi connectivity index (χ2n) is 8.09. The lowest BCUT2D eigenvalue weighted by Crippen LogP contribution is -2.39. The average Bonchev–Trinajstić information content (AvgIpc) is 2.81. The van der Waals surface area contributed by atoms with Crippen LogP contribution in [0.4, 0.5) is 21.5 Å². The maximum atomic E-state index is 14.3. The Morgan fingerprint density at radius 3 is 2.70 bits per heavy atom. The summed E-state index contributed by atoms with van der Waals surface area (Å²) >= 11 is 0. The molecule has 2 N–H and O–H groups in total. The first kappa shape index (κ1) is 24.5. The molecule has 0 aromatic heterocycles. The highest BCUT2D eigenvalue weighted by Crippen LogP contribution is 2.36. The molecule has 0 saturated carbocycles. The van der Waals surface area contributed by atoms with E-state index in [1.54, 1.807) is 13.2 Å². The lowest BCUT2D eigenvalue weighted by atomic mass is 9.94. The van der Waals surface area contributed by atoms with Gasteiger partial charge in [-0.2, -0.15) is 5.26 Å². The quantitative estimate of drug-likeness (QED) is 0.538. The van der Waals surface area contributed by atoms with E-state index in [4.69, 9.17) is 14.7 Å². The van der Waals surface area contributed by atoms with Crippen LogP contribution in [0.5, 0.6) is 0 Å². The lowest BCUT2D eigenvalue weighted by molar-refractivity contribution is -0.137. The van der Waals surface area contributed by atoms with Crippen LogP contribution in [0.25, 0.3) is 0 Å². The molecule has 2 aromatic carbocycles. The summed E-state index contributed by atoms with van der Waals surface area (Å²) in [5, 5.41) is 21.7. The number of nitrogens with one attached hydrogen (secondary N) is 1. The molecule has 1 heterocycles. The van der Waals surface area contributed by atoms with E-state index in [0.29, 0.717) is 24.9 Å². The summed E-state index contributed by atoms with van der Waals surface area (Å²) in [7, 11) is 1.55. The minimum Gasteiger partial charge on any atom is -0.481 e. The standard InChI is InChI=1S/C25H30FN3O4/c1-3-29(21-8-10-33-11-9-21)24-7-5-17(19(16-32-2)13-25(30)31)12-23(24)28-20-6-4-18(15-27)22(26)14-20/h4-7,12,14,19,21,28H,3,8-11,13,16H2,1-2H3,(H,30,31)/t19-/m1/s1. The fourth-order valence-electron chi connectivity index (χ4n) is 4.30. The Hall–Kier alpha value is -3.15. The first-order chi connectivity index (χ1) is 16.0. The summed E-state index contributed by atoms with van der Waals surface area (Å²) in [4.78, 5) is 13.7. The van der Waals surface area contributed by atoms with Crippen LogP contribution in [0.3, 0.4) is 0 Å². The van der Waals surface area contributed by atoms with Crippen LogP contribution in [0.1, 0.15) is 43.2 Å². The molecule has 2 aromatic rings. The van der Waals surface area contributed by atoms with Crippen molar-refractivity contribution in [3.63, 3.8) is 0 Å². The number of nitriles is 1. The number of carboxylic acid groups (broad SMARTS) is 1. The molecule has 1 atom stereocenters. The van der Waals surface area contributed by atoms with Crippen molar-refractivity contribution in [2.45, 2.75) is 38.1 Å². The van der Waals surface area contributed by atoms with Gasteiger partial charge >= 0.3 is 5.97 Å². The fraction of sp³-hybridized carbons (Fsp3) is 0.440. The van der Waals surface area contributed by atoms with Crippen molar-refractivity contribution >= 4 is 23.0 Å². The van der Waals surface area contributed by atoms with Gasteiger partial charge < -0.3 is 24.8 Å². The number of methoxy groups -OCH3 is 1. The number of halogens is 1. The zero-order chi connectivity index (χ0) is 23.8. The monoisotopic (exact) mass is 455 g/mol. The second kappa shape index (κ2) is 11.6. The highest BCUT2D eigenvalue weighted by atomic mass is 19.1. The van der Waals surface area contributed by atoms with E-state index in [2.05, 4.69) is 17.1 Å². The molecule has 0 aliphatic carbocycles. The van der Waals surface area contributed by atoms with Gasteiger partial charge in [0.25, 0.3) is 0 Å². The van der Waals surface area contributed by atoms with Crippen molar-refractivity contribution in [2.24, 2.45) is 0 Å². The number of benzene rings is 2. The predicted octanol–water partition coefficient (Wildman–Crippen LogP) is 4.65. The van der Waals surface area contributed by atoms with E-state index in [9.17, 15) is 14.3 Å². The number of carbonyl (C=O) groups is 1. The summed E-state index contributed by atoms with van der Waals surface area (Å²) in [6, 6.07) is 12.4. The van der Waals surface area contributed by atoms with Gasteiger partial charge in [0.05, 0.1) is 30.0 Å². The summed E-state index contributed by atoms with van der Waals surface area (Å²) in [5.74, 6) is -1.82. The van der Waals surface area contributed by atoms with Crippen LogP contribution in [0.2, 0.25) is 0 Å². The van der Waals surface area contributed by atoms with Crippen LogP contribution in [-0.2, 0) is 14.3 Å². The summed E-state index contributed by atoms with van der Waals surface area (Å²) in [6.07, 6.45) is 1.76. The molecular formula is C25H30FN3O4. The highest BCUT2D eigenvalue weighted by Gasteiger charge is 2.24. The molecule has 0 bridgehead atoms. The molecule has 0 spiro atoms. The molecule has 8 heteroatoms. The van der Waals surface area contributed by atoms with E-state index in [-0.39, 0.29) is 24.5 Å². The van der Waals surface area contributed by atoms with Gasteiger partial charge in [-0.1, -0.05) is 6.07 Å². The van der Waals surface area contributed by atoms with Crippen molar-refractivity contribution in [2.75, 3.05) is 43.7 Å². The molecule has 1 aliphatic heterocycles. The van der Waals surface area contributed by atoms with Crippen molar-refractivity contribution < 1.29 is 23.8 Å². The topological polar surface area (TPSA) is 94.8 Å². The third kappa shape index (κ3) is 6.21. The zero-order valence-corrected chi connectivity index (χ0v) is 19.0. The molecule has 176 valence electrons. The largest absolute Gasteiger partial charge is 0.481 e. The van der Waals surface area contributed by atoms with Crippen molar-refractivity contribution in [3.05, 3.63) is 53.3 Å². The van der Waals surface area contributed by atoms with Gasteiger partial charge in [0.1, 0.15) is 11.9 Å². The number of aliphatic carboxylic acids is 1. The highest BCUT2D eigenvalue weighted by molar-refractivity contribution is 5.77. The molecule has 3 rings (SSSR count). The Kier molecular flexibility index (Phi) is 8.64. The number of rotatable bonds is 10. The van der Waals surface area contributed by atoms with E-state index in [0.717, 1.165) is 36.3 Å². The molecule has 1 fully saturated rings. The van der Waals surface area contributed by atoms with Gasteiger partial charge in [-0.05, 0) is 55.7 Å². The van der Waals surface area contributed by atoms with Crippen LogP contribution >= 0.6 is 0 Å². The van der Waals surface area contributed by atoms with Gasteiger partial charge in [0.15, 0.2) is 0 Å². The lowest BCUT2D eigenvalue weighted by Gasteiger charge is -2.37. The zero-order valence-electron chi connectivity index (χ0n) is 19.0. The van der Waals surface area contributed by atoms with E-state index in [1.165, 1.54) is 12.1 Å². The number of anilines is 3. The molecule has 0 unspecified atom stereocenters. The molecule has 7 nitrogen and oxygen atoms in total. The molecule has 0 amide bonds. The Balaban J connectivity index is 2.02. The number of carboxylic acids is 1. The van der Waals surface area contributed by atoms with E-state index >= 15 is 0 Å². The third-order valence-electron chi connectivity index (χ3n) is 5.93. The van der Waals surface area contributed by atoms with Crippen LogP contribution < -0.4 is 10.2 Å². The first-order valence-electron chi connectivity index (χ1n) is 11.1. The van der Waals surface area contributed by atoms with E-state index in [1.807, 2.05) is 24.3 Å². The van der Waals surface area contributed by atoms with Gasteiger partial charge in [0.2, 0.25) is 0 Å². The molecule has 1 saturated heterocycles. The number of hydrogen-bond acceptors (Lipinski definition) is 6. The first-order valence-corrected chi connectivity index (χ1v) is 11.1. The maximum absolute atomic E-state index is 14.3. The van der Waals surface area contributed by atoms with Crippen molar-refractivity contribution in [1.29, 1.82) is 5.26 Å². The maximum Gasteiger partial charge on any atom is 0.304 e. The number of hydrogen-bond donors (Lipinski definition) is 2. The Morgan fingerprint density at radius 1 is 1.33 bits per heavy atom. The molecule has 1 aliphatic rings. The smallest absolute Gasteiger partial charge is 0.304 e. The van der Waals surface area contributed by atoms with Crippen molar-refractivity contribution in [1.82, 2.24) is 0 Å². The number of ether oxygens (including phenoxy) is 2. The minimum absolute atomic E-state index is 0.0199. The van der Waals surface area contributed by atoms with Gasteiger partial charge in [0, 0.05) is 44.5 Å². The van der Waals surface area contributed by atoms with Crippen LogP contribution in [-0.4, -0.2) is 50.6 Å². The van der Waals surface area contributed by atoms with Gasteiger partial charge in [-0.15, -0.1) is 0 Å². The second-order valence-corrected chi connectivity index (χ2v) is 8.09. The third-order valence-corrected chi connectivity index (χ3v) is 5.93. The molecular weight excluding hydrogens is 425 g/mol. The summed E-state index contributed by atoms with van der Waals surface area (Å²) in [5.41, 5.74) is 3.01. The van der Waals surface area contributed by atoms with Crippen molar-refractivity contribution in [3.8, 4) is 6.07 Å². The Morgan fingerprint density at radius 2 is 2.09 bits per heavy atom. The summed E-state index contributed by atoms with van der Waals surface area (Å²) < 4.78 is 25.0. The minimum atomic E-state index is -0.901. The molecule has 33 heavy (non-hydrogen) atoms. The SMILES string of the molecule is CCN(c1ccc([C@@H](COC)CC(=O)O)cc1Nc1ccc(C#N)c(F)c1)C1CCOCC1. The Labute approximate surface area is 193 Å².